The van der Waals surface area contributed by atoms with Crippen LogP contribution >= 0.6 is 0 Å². The summed E-state index contributed by atoms with van der Waals surface area (Å²) in [5.74, 6) is 0.149. The molecule has 0 saturated carbocycles. The van der Waals surface area contributed by atoms with Crippen LogP contribution in [0.25, 0.3) is 0 Å². The average molecular weight is 249 g/mol. The van der Waals surface area contributed by atoms with E-state index in [9.17, 15) is 15.0 Å². The van der Waals surface area contributed by atoms with Crippen LogP contribution in [0.2, 0.25) is 0 Å². The molecule has 1 aliphatic heterocycles. The number of β-amino-alcohol motifs (C(OH)–C–C–N with tert-alkyl or cyclic N) is 2. The summed E-state index contributed by atoms with van der Waals surface area (Å²) in [5.41, 5.74) is 0.749. The molecule has 2 N–H and O–H groups in total. The van der Waals surface area contributed by atoms with Crippen molar-refractivity contribution in [2.75, 3.05) is 19.6 Å². The number of hydrogen-bond donors (Lipinski definition) is 2. The molecule has 2 atom stereocenters. The van der Waals surface area contributed by atoms with E-state index in [1.807, 2.05) is 35.2 Å². The van der Waals surface area contributed by atoms with Gasteiger partial charge in [-0.05, 0) is 13.0 Å². The van der Waals surface area contributed by atoms with E-state index in [0.717, 1.165) is 18.5 Å². The highest BCUT2D eigenvalue weighted by molar-refractivity contribution is 5.95. The molecular formula is C14H19NO3. The predicted molar refractivity (Wildman–Crippen MR) is 68.5 cm³/mol. The number of ketones is 1. The van der Waals surface area contributed by atoms with Gasteiger partial charge in [-0.15, -0.1) is 0 Å². The van der Waals surface area contributed by atoms with Crippen molar-refractivity contribution >= 4 is 5.78 Å². The molecule has 1 aromatic rings. The van der Waals surface area contributed by atoms with Crippen LogP contribution in [0.4, 0.5) is 0 Å². The highest BCUT2D eigenvalue weighted by Gasteiger charge is 2.28. The molecule has 2 unspecified atom stereocenters. The predicted octanol–water partition coefficient (Wildman–Crippen LogP) is 0.687. The van der Waals surface area contributed by atoms with Crippen molar-refractivity contribution in [3.63, 3.8) is 0 Å². The highest BCUT2D eigenvalue weighted by Crippen LogP contribution is 2.12. The fraction of sp³-hybridized carbons (Fsp3) is 0.500. The van der Waals surface area contributed by atoms with Gasteiger partial charge < -0.3 is 10.2 Å². The molecule has 18 heavy (non-hydrogen) atoms. The smallest absolute Gasteiger partial charge is 0.162 e. The van der Waals surface area contributed by atoms with Gasteiger partial charge in [-0.1, -0.05) is 30.3 Å². The number of aliphatic hydroxyl groups excluding tert-OH is 2. The van der Waals surface area contributed by atoms with Crippen molar-refractivity contribution in [3.8, 4) is 0 Å². The Morgan fingerprint density at radius 1 is 1.17 bits per heavy atom. The standard InChI is InChI=1S/C14H19NO3/c16-12(11-5-2-1-3-6-11)7-4-8-15-9-13(17)14(18)10-15/h1-3,5-6,13-14,17-18H,4,7-10H2. The summed E-state index contributed by atoms with van der Waals surface area (Å²) < 4.78 is 0. The first-order valence-electron chi connectivity index (χ1n) is 6.33. The minimum atomic E-state index is -0.644. The van der Waals surface area contributed by atoms with E-state index in [2.05, 4.69) is 0 Å². The van der Waals surface area contributed by atoms with Gasteiger partial charge in [-0.3, -0.25) is 9.69 Å². The Morgan fingerprint density at radius 3 is 2.39 bits per heavy atom. The number of aliphatic hydroxyl groups is 2. The zero-order valence-corrected chi connectivity index (χ0v) is 10.3. The van der Waals surface area contributed by atoms with Crippen LogP contribution in [0.15, 0.2) is 30.3 Å². The Morgan fingerprint density at radius 2 is 1.78 bits per heavy atom. The lowest BCUT2D eigenvalue weighted by Crippen LogP contribution is -2.23. The second kappa shape index (κ2) is 6.09. The van der Waals surface area contributed by atoms with Gasteiger partial charge in [0.15, 0.2) is 5.78 Å². The molecule has 0 amide bonds. The van der Waals surface area contributed by atoms with Gasteiger partial charge >= 0.3 is 0 Å². The van der Waals surface area contributed by atoms with Crippen LogP contribution in [0.3, 0.4) is 0 Å². The van der Waals surface area contributed by atoms with Gasteiger partial charge in [-0.2, -0.15) is 0 Å². The topological polar surface area (TPSA) is 60.8 Å². The maximum atomic E-state index is 11.8. The monoisotopic (exact) mass is 249 g/mol. The summed E-state index contributed by atoms with van der Waals surface area (Å²) in [6, 6.07) is 9.27. The summed E-state index contributed by atoms with van der Waals surface area (Å²) in [6.07, 6.45) is -0.0236. The fourth-order valence-corrected chi connectivity index (χ4v) is 2.26. The summed E-state index contributed by atoms with van der Waals surface area (Å²) in [6.45, 7) is 1.74. The molecule has 0 aromatic heterocycles. The van der Waals surface area contributed by atoms with Crippen molar-refractivity contribution in [1.29, 1.82) is 0 Å². The number of hydrogen-bond acceptors (Lipinski definition) is 4. The number of nitrogens with zero attached hydrogens (tertiary/aromatic N) is 1. The van der Waals surface area contributed by atoms with Crippen LogP contribution < -0.4 is 0 Å². The van der Waals surface area contributed by atoms with E-state index >= 15 is 0 Å². The number of carbonyl (C=O) groups is 1. The molecule has 1 fully saturated rings. The molecule has 0 aliphatic carbocycles. The Hall–Kier alpha value is -1.23. The minimum Gasteiger partial charge on any atom is -0.389 e. The van der Waals surface area contributed by atoms with E-state index < -0.39 is 12.2 Å². The largest absolute Gasteiger partial charge is 0.389 e. The molecule has 2 rings (SSSR count). The third-order valence-corrected chi connectivity index (χ3v) is 3.31. The Balaban J connectivity index is 1.72. The van der Waals surface area contributed by atoms with E-state index in [0.29, 0.717) is 19.5 Å². The zero-order valence-electron chi connectivity index (χ0n) is 10.3. The molecule has 4 nitrogen and oxygen atoms in total. The first-order valence-corrected chi connectivity index (χ1v) is 6.33. The SMILES string of the molecule is O=C(CCCN1CC(O)C(O)C1)c1ccccc1. The summed E-state index contributed by atoms with van der Waals surface area (Å²) in [7, 11) is 0. The van der Waals surface area contributed by atoms with Crippen molar-refractivity contribution in [1.82, 2.24) is 4.90 Å². The van der Waals surface area contributed by atoms with Crippen LogP contribution in [0, 0.1) is 0 Å². The molecule has 98 valence electrons. The number of benzene rings is 1. The average Bonchev–Trinajstić information content (AvgIpc) is 2.69. The first kappa shape index (κ1) is 13.2. The lowest BCUT2D eigenvalue weighted by atomic mass is 10.1. The summed E-state index contributed by atoms with van der Waals surface area (Å²) >= 11 is 0. The van der Waals surface area contributed by atoms with Gasteiger partial charge in [0, 0.05) is 25.1 Å². The highest BCUT2D eigenvalue weighted by atomic mass is 16.3. The van der Waals surface area contributed by atoms with Crippen molar-refractivity contribution < 1.29 is 15.0 Å². The molecule has 0 spiro atoms. The van der Waals surface area contributed by atoms with Crippen LogP contribution in [0.1, 0.15) is 23.2 Å². The second-order valence-corrected chi connectivity index (χ2v) is 4.79. The van der Waals surface area contributed by atoms with E-state index in [1.165, 1.54) is 0 Å². The number of Topliss-reactive ketones (excluding diaryl/α,β-unsaturated/α-hetero) is 1. The van der Waals surface area contributed by atoms with Crippen molar-refractivity contribution in [2.45, 2.75) is 25.0 Å². The molecule has 1 aromatic carbocycles. The molecule has 0 bridgehead atoms. The Bertz CT molecular complexity index is 383. The Kier molecular flexibility index (Phi) is 4.47. The third-order valence-electron chi connectivity index (χ3n) is 3.31. The minimum absolute atomic E-state index is 0.149. The van der Waals surface area contributed by atoms with Gasteiger partial charge in [-0.25, -0.2) is 0 Å². The lowest BCUT2D eigenvalue weighted by Gasteiger charge is -2.13. The van der Waals surface area contributed by atoms with Gasteiger partial charge in [0.1, 0.15) is 0 Å². The fourth-order valence-electron chi connectivity index (χ4n) is 2.26. The molecule has 1 heterocycles. The molecule has 0 radical (unpaired) electrons. The normalized spacial score (nSPS) is 24.3. The maximum Gasteiger partial charge on any atom is 0.162 e. The van der Waals surface area contributed by atoms with Crippen LogP contribution in [-0.4, -0.2) is 52.7 Å². The van der Waals surface area contributed by atoms with Gasteiger partial charge in [0.25, 0.3) is 0 Å². The molecular weight excluding hydrogens is 230 g/mol. The molecule has 4 heteroatoms. The zero-order chi connectivity index (χ0) is 13.0. The van der Waals surface area contributed by atoms with E-state index in [1.54, 1.807) is 0 Å². The quantitative estimate of drug-likeness (QED) is 0.754. The summed E-state index contributed by atoms with van der Waals surface area (Å²) in [5, 5.41) is 18.8. The van der Waals surface area contributed by atoms with E-state index in [-0.39, 0.29) is 5.78 Å². The number of carbonyl (C=O) groups excluding carboxylic acids is 1. The van der Waals surface area contributed by atoms with Gasteiger partial charge in [0.05, 0.1) is 12.2 Å². The van der Waals surface area contributed by atoms with Crippen LogP contribution in [0.5, 0.6) is 0 Å². The lowest BCUT2D eigenvalue weighted by molar-refractivity contribution is 0.0572. The third kappa shape index (κ3) is 3.38. The first-order chi connectivity index (χ1) is 8.66. The number of rotatable bonds is 5. The van der Waals surface area contributed by atoms with E-state index in [4.69, 9.17) is 0 Å². The maximum absolute atomic E-state index is 11.8. The van der Waals surface area contributed by atoms with Crippen LogP contribution in [-0.2, 0) is 0 Å². The van der Waals surface area contributed by atoms with Crippen molar-refractivity contribution in [3.05, 3.63) is 35.9 Å². The van der Waals surface area contributed by atoms with Gasteiger partial charge in [0.2, 0.25) is 0 Å². The van der Waals surface area contributed by atoms with Crippen molar-refractivity contribution in [2.24, 2.45) is 0 Å². The Labute approximate surface area is 107 Å². The summed E-state index contributed by atoms with van der Waals surface area (Å²) in [4.78, 5) is 13.8. The second-order valence-electron chi connectivity index (χ2n) is 4.79. The number of likely N-dealkylation sites (tertiary alicyclic amines) is 1. The molecule has 1 saturated heterocycles. The molecule has 1 aliphatic rings.